The molecular formula is C29H46O2. The van der Waals surface area contributed by atoms with Crippen molar-refractivity contribution >= 4 is 5.97 Å². The number of hydrogen-bond donors (Lipinski definition) is 1. The van der Waals surface area contributed by atoms with Crippen LogP contribution in [0.15, 0.2) is 22.8 Å². The molecule has 4 aliphatic carbocycles. The first-order valence-electron chi connectivity index (χ1n) is 13.1. The normalized spacial score (nSPS) is 45.9. The van der Waals surface area contributed by atoms with Crippen LogP contribution < -0.4 is 0 Å². The van der Waals surface area contributed by atoms with Gasteiger partial charge in [0.15, 0.2) is 0 Å². The van der Waals surface area contributed by atoms with Gasteiger partial charge in [-0.1, -0.05) is 57.8 Å². The van der Waals surface area contributed by atoms with E-state index in [1.165, 1.54) is 62.5 Å². The van der Waals surface area contributed by atoms with Crippen molar-refractivity contribution in [2.24, 2.45) is 39.9 Å². The largest absolute Gasteiger partial charge is 0.478 e. The zero-order valence-electron chi connectivity index (χ0n) is 21.0. The van der Waals surface area contributed by atoms with Gasteiger partial charge in [0.1, 0.15) is 0 Å². The molecule has 0 bridgehead atoms. The van der Waals surface area contributed by atoms with Crippen LogP contribution in [0.3, 0.4) is 0 Å². The van der Waals surface area contributed by atoms with Gasteiger partial charge < -0.3 is 5.11 Å². The lowest BCUT2D eigenvalue weighted by Crippen LogP contribution is -2.60. The monoisotopic (exact) mass is 426 g/mol. The molecule has 1 N–H and O–H groups in total. The minimum absolute atomic E-state index is 0.261. The van der Waals surface area contributed by atoms with E-state index < -0.39 is 5.97 Å². The fourth-order valence-electron chi connectivity index (χ4n) is 9.49. The summed E-state index contributed by atoms with van der Waals surface area (Å²) in [6.07, 6.45) is 15.4. The second-order valence-electron chi connectivity index (χ2n) is 12.7. The summed E-state index contributed by atoms with van der Waals surface area (Å²) in [7, 11) is 0. The second-order valence-corrected chi connectivity index (χ2v) is 12.7. The third-order valence-corrected chi connectivity index (χ3v) is 11.2. The topological polar surface area (TPSA) is 37.3 Å². The van der Waals surface area contributed by atoms with Crippen LogP contribution in [0.2, 0.25) is 0 Å². The van der Waals surface area contributed by atoms with Gasteiger partial charge in [-0.05, 0) is 112 Å². The number of aliphatic carboxylic acids is 1. The van der Waals surface area contributed by atoms with Crippen molar-refractivity contribution in [3.63, 3.8) is 0 Å². The van der Waals surface area contributed by atoms with E-state index in [1.54, 1.807) is 0 Å². The Bertz CT molecular complexity index is 787. The van der Waals surface area contributed by atoms with Gasteiger partial charge in [-0.25, -0.2) is 4.79 Å². The molecule has 4 fully saturated rings. The van der Waals surface area contributed by atoms with Crippen LogP contribution >= 0.6 is 0 Å². The molecule has 0 saturated heterocycles. The van der Waals surface area contributed by atoms with Crippen LogP contribution in [-0.2, 0) is 4.79 Å². The highest BCUT2D eigenvalue weighted by Gasteiger charge is 2.66. The molecule has 4 saturated carbocycles. The molecule has 0 unspecified atom stereocenters. The van der Waals surface area contributed by atoms with E-state index in [2.05, 4.69) is 47.6 Å². The highest BCUT2D eigenvalue weighted by atomic mass is 16.4. The lowest BCUT2D eigenvalue weighted by atomic mass is 9.37. The van der Waals surface area contributed by atoms with Gasteiger partial charge in [0, 0.05) is 5.57 Å². The maximum absolute atomic E-state index is 12.3. The zero-order valence-corrected chi connectivity index (χ0v) is 21.0. The summed E-state index contributed by atoms with van der Waals surface area (Å²) in [5.74, 6) is 2.40. The first-order chi connectivity index (χ1) is 14.5. The summed E-state index contributed by atoms with van der Waals surface area (Å²) in [5, 5.41) is 10.1. The van der Waals surface area contributed by atoms with Gasteiger partial charge in [0.25, 0.3) is 0 Å². The fourth-order valence-corrected chi connectivity index (χ4v) is 9.49. The molecule has 0 spiro atoms. The van der Waals surface area contributed by atoms with Crippen LogP contribution in [0.5, 0.6) is 0 Å². The molecule has 0 aliphatic heterocycles. The Balaban J connectivity index is 1.68. The van der Waals surface area contributed by atoms with Crippen molar-refractivity contribution in [1.29, 1.82) is 0 Å². The Labute approximate surface area is 191 Å². The molecule has 0 aromatic heterocycles. The molecule has 2 nitrogen and oxygen atoms in total. The molecule has 4 rings (SSSR count). The fraction of sp³-hybridized carbons (Fsp3) is 0.828. The Kier molecular flexibility index (Phi) is 6.02. The summed E-state index contributed by atoms with van der Waals surface area (Å²) in [5.41, 5.74) is 4.46. The third-order valence-electron chi connectivity index (χ3n) is 11.2. The summed E-state index contributed by atoms with van der Waals surface area (Å²) < 4.78 is 0. The van der Waals surface area contributed by atoms with Gasteiger partial charge in [-0.3, -0.25) is 0 Å². The van der Waals surface area contributed by atoms with Crippen LogP contribution in [0, 0.1) is 39.9 Å². The van der Waals surface area contributed by atoms with Crippen molar-refractivity contribution in [1.82, 2.24) is 0 Å². The van der Waals surface area contributed by atoms with Crippen LogP contribution in [-0.4, -0.2) is 11.1 Å². The molecule has 0 aromatic rings. The molecule has 2 heteroatoms. The number of carboxylic acid groups (broad SMARTS) is 1. The van der Waals surface area contributed by atoms with Gasteiger partial charge in [-0.15, -0.1) is 0 Å². The summed E-state index contributed by atoms with van der Waals surface area (Å²) in [4.78, 5) is 12.3. The zero-order chi connectivity index (χ0) is 22.6. The Morgan fingerprint density at radius 1 is 1.03 bits per heavy atom. The molecule has 0 amide bonds. The van der Waals surface area contributed by atoms with Crippen molar-refractivity contribution in [3.8, 4) is 0 Å². The average Bonchev–Trinajstić information content (AvgIpc) is 3.03. The summed E-state index contributed by atoms with van der Waals surface area (Å²) >= 11 is 0. The van der Waals surface area contributed by atoms with E-state index >= 15 is 0 Å². The molecule has 174 valence electrons. The smallest absolute Gasteiger partial charge is 0.331 e. The van der Waals surface area contributed by atoms with Crippen molar-refractivity contribution in [2.45, 2.75) is 112 Å². The predicted octanol–water partition coefficient (Wildman–Crippen LogP) is 8.18. The standard InChI is InChI=1S/C29H46O2/c1-19(2)9-7-11-22(26(30)31)21-14-17-28(5)24(21)12-13-25-27(4)16-8-10-20(3)23(27)15-18-29(25,28)6/h9,20,23-25H,7-8,10-18H2,1-6H3,(H,30,31)/b22-21-/t20-,23+,24-,25-,27+,28-,29-/m1/s1. The third kappa shape index (κ3) is 3.46. The van der Waals surface area contributed by atoms with Crippen LogP contribution in [0.4, 0.5) is 0 Å². The predicted molar refractivity (Wildman–Crippen MR) is 129 cm³/mol. The summed E-state index contributed by atoms with van der Waals surface area (Å²) in [6.45, 7) is 14.5. The number of carbonyl (C=O) groups is 1. The Morgan fingerprint density at radius 2 is 1.77 bits per heavy atom. The molecule has 0 heterocycles. The maximum Gasteiger partial charge on any atom is 0.331 e. The lowest BCUT2D eigenvalue weighted by molar-refractivity contribution is -0.183. The van der Waals surface area contributed by atoms with Gasteiger partial charge in [-0.2, -0.15) is 0 Å². The molecule has 0 aromatic carbocycles. The average molecular weight is 427 g/mol. The highest BCUT2D eigenvalue weighted by molar-refractivity contribution is 5.87. The van der Waals surface area contributed by atoms with Crippen molar-refractivity contribution < 1.29 is 9.90 Å². The minimum Gasteiger partial charge on any atom is -0.478 e. The van der Waals surface area contributed by atoms with Crippen molar-refractivity contribution in [2.75, 3.05) is 0 Å². The van der Waals surface area contributed by atoms with E-state index in [9.17, 15) is 9.90 Å². The number of rotatable bonds is 4. The number of allylic oxidation sites excluding steroid dienone is 3. The minimum atomic E-state index is -0.662. The van der Waals surface area contributed by atoms with Crippen molar-refractivity contribution in [3.05, 3.63) is 22.8 Å². The van der Waals surface area contributed by atoms with E-state index in [0.29, 0.717) is 23.2 Å². The number of carboxylic acids is 1. The lowest BCUT2D eigenvalue weighted by Gasteiger charge is -2.67. The van der Waals surface area contributed by atoms with E-state index in [-0.39, 0.29) is 5.41 Å². The number of fused-ring (bicyclic) bond motifs is 5. The first kappa shape index (κ1) is 23.1. The Morgan fingerprint density at radius 3 is 2.45 bits per heavy atom. The van der Waals surface area contributed by atoms with Gasteiger partial charge in [0.2, 0.25) is 0 Å². The number of hydrogen-bond acceptors (Lipinski definition) is 1. The van der Waals surface area contributed by atoms with Gasteiger partial charge in [0.05, 0.1) is 0 Å². The van der Waals surface area contributed by atoms with E-state index in [4.69, 9.17) is 0 Å². The molecule has 0 radical (unpaired) electrons. The molecule has 31 heavy (non-hydrogen) atoms. The van der Waals surface area contributed by atoms with Crippen LogP contribution in [0.1, 0.15) is 112 Å². The highest BCUT2D eigenvalue weighted by Crippen LogP contribution is 2.74. The quantitative estimate of drug-likeness (QED) is 0.363. The Hall–Kier alpha value is -1.05. The first-order valence-corrected chi connectivity index (χ1v) is 13.1. The maximum atomic E-state index is 12.3. The van der Waals surface area contributed by atoms with E-state index in [1.807, 2.05) is 0 Å². The summed E-state index contributed by atoms with van der Waals surface area (Å²) in [6, 6.07) is 0. The van der Waals surface area contributed by atoms with Crippen LogP contribution in [0.25, 0.3) is 0 Å². The van der Waals surface area contributed by atoms with Gasteiger partial charge >= 0.3 is 5.97 Å². The van der Waals surface area contributed by atoms with E-state index in [0.717, 1.165) is 36.2 Å². The molecule has 4 aliphatic rings. The molecule has 7 atom stereocenters. The SMILES string of the molecule is CC(C)=CCC/C(C(=O)O)=C1\CC[C@]2(C)[C@@H]1CC[C@@H]1[C@@]3(C)CCC[C@@H](C)[C@@H]3CC[C@]12C. The molecular weight excluding hydrogens is 380 g/mol. The second kappa shape index (κ2) is 8.07.